The number of hydrogen-bond acceptors (Lipinski definition) is 3. The van der Waals surface area contributed by atoms with Crippen molar-refractivity contribution < 1.29 is 0 Å². The third-order valence-electron chi connectivity index (χ3n) is 4.68. The first-order valence-electron chi connectivity index (χ1n) is 7.68. The number of piperidine rings is 1. The van der Waals surface area contributed by atoms with Crippen LogP contribution in [-0.2, 0) is 0 Å². The summed E-state index contributed by atoms with van der Waals surface area (Å²) in [4.78, 5) is 7.68. The second kappa shape index (κ2) is 5.88. The van der Waals surface area contributed by atoms with E-state index in [2.05, 4.69) is 53.8 Å². The van der Waals surface area contributed by atoms with Gasteiger partial charge in [-0.2, -0.15) is 0 Å². The van der Waals surface area contributed by atoms with Crippen LogP contribution in [0.3, 0.4) is 0 Å². The molecule has 1 saturated heterocycles. The molecule has 0 aromatic heterocycles. The van der Waals surface area contributed by atoms with Gasteiger partial charge in [0.1, 0.15) is 0 Å². The SMILES string of the molecule is CC[C@@H]1CCCC(C)N1C1=NC2C(C)=CC(Br)=CC2S1. The molecule has 0 bridgehead atoms. The van der Waals surface area contributed by atoms with Gasteiger partial charge in [0.05, 0.1) is 11.3 Å². The van der Waals surface area contributed by atoms with Crippen LogP contribution >= 0.6 is 27.7 Å². The molecule has 1 aliphatic carbocycles. The van der Waals surface area contributed by atoms with E-state index in [1.54, 1.807) is 0 Å². The van der Waals surface area contributed by atoms with E-state index in [-0.39, 0.29) is 0 Å². The molecular weight excluding hydrogens is 332 g/mol. The highest BCUT2D eigenvalue weighted by Gasteiger charge is 2.38. The Hall–Kier alpha value is -0.220. The quantitative estimate of drug-likeness (QED) is 0.676. The zero-order valence-corrected chi connectivity index (χ0v) is 14.9. The lowest BCUT2D eigenvalue weighted by molar-refractivity contribution is 0.178. The third-order valence-corrected chi connectivity index (χ3v) is 6.36. The number of nitrogens with zero attached hydrogens (tertiary/aromatic N) is 2. The molecule has 3 rings (SSSR count). The highest BCUT2D eigenvalue weighted by molar-refractivity contribution is 9.11. The Morgan fingerprint density at radius 2 is 2.25 bits per heavy atom. The summed E-state index contributed by atoms with van der Waals surface area (Å²) in [6, 6.07) is 1.67. The van der Waals surface area contributed by atoms with Gasteiger partial charge < -0.3 is 4.90 Å². The molecule has 0 radical (unpaired) electrons. The molecule has 2 nitrogen and oxygen atoms in total. The third kappa shape index (κ3) is 2.61. The maximum absolute atomic E-state index is 5.07. The first-order chi connectivity index (χ1) is 9.60. The lowest BCUT2D eigenvalue weighted by Gasteiger charge is -2.41. The van der Waals surface area contributed by atoms with E-state index in [1.165, 1.54) is 40.9 Å². The molecule has 4 atom stereocenters. The normalized spacial score (nSPS) is 37.2. The fourth-order valence-corrected chi connectivity index (χ4v) is 5.87. The van der Waals surface area contributed by atoms with Gasteiger partial charge in [-0.15, -0.1) is 0 Å². The summed E-state index contributed by atoms with van der Waals surface area (Å²) < 4.78 is 1.21. The number of thioether (sulfide) groups is 1. The predicted octanol–water partition coefficient (Wildman–Crippen LogP) is 4.72. The summed E-state index contributed by atoms with van der Waals surface area (Å²) in [5, 5.41) is 1.77. The van der Waals surface area contributed by atoms with Crippen molar-refractivity contribution in [2.45, 2.75) is 69.8 Å². The van der Waals surface area contributed by atoms with E-state index in [0.29, 0.717) is 23.4 Å². The van der Waals surface area contributed by atoms with Crippen molar-refractivity contribution in [3.8, 4) is 0 Å². The molecule has 3 unspecified atom stereocenters. The van der Waals surface area contributed by atoms with Crippen molar-refractivity contribution in [3.63, 3.8) is 0 Å². The molecule has 0 aromatic rings. The fraction of sp³-hybridized carbons (Fsp3) is 0.688. The average molecular weight is 355 g/mol. The molecule has 3 aliphatic rings. The van der Waals surface area contributed by atoms with Gasteiger partial charge >= 0.3 is 0 Å². The van der Waals surface area contributed by atoms with Crippen molar-refractivity contribution >= 4 is 32.9 Å². The first kappa shape index (κ1) is 14.7. The molecule has 0 amide bonds. The molecule has 20 heavy (non-hydrogen) atoms. The van der Waals surface area contributed by atoms with Crippen LogP contribution in [0.4, 0.5) is 0 Å². The average Bonchev–Trinajstić information content (AvgIpc) is 2.81. The Bertz CT molecular complexity index is 483. The van der Waals surface area contributed by atoms with Crippen molar-refractivity contribution in [1.29, 1.82) is 0 Å². The zero-order valence-electron chi connectivity index (χ0n) is 12.5. The number of amidine groups is 1. The van der Waals surface area contributed by atoms with E-state index >= 15 is 0 Å². The highest BCUT2D eigenvalue weighted by atomic mass is 79.9. The predicted molar refractivity (Wildman–Crippen MR) is 92.6 cm³/mol. The number of rotatable bonds is 1. The van der Waals surface area contributed by atoms with E-state index < -0.39 is 0 Å². The lowest BCUT2D eigenvalue weighted by atomic mass is 9.95. The van der Waals surface area contributed by atoms with Gasteiger partial charge in [0.15, 0.2) is 5.17 Å². The summed E-state index contributed by atoms with van der Waals surface area (Å²) in [7, 11) is 0. The Morgan fingerprint density at radius 3 is 3.00 bits per heavy atom. The molecule has 1 fully saturated rings. The van der Waals surface area contributed by atoms with Gasteiger partial charge in [0, 0.05) is 16.6 Å². The molecule has 2 aliphatic heterocycles. The molecule has 0 spiro atoms. The van der Waals surface area contributed by atoms with Gasteiger partial charge in [-0.1, -0.05) is 40.7 Å². The maximum atomic E-state index is 5.07. The monoisotopic (exact) mass is 354 g/mol. The molecule has 0 saturated carbocycles. The van der Waals surface area contributed by atoms with Crippen molar-refractivity contribution in [2.75, 3.05) is 0 Å². The standard InChI is InChI=1S/C16H23BrN2S/c1-4-13-7-5-6-11(3)19(13)16-18-15-10(2)8-12(17)9-14(15)20-16/h8-9,11,13-15H,4-7H2,1-3H3/t11?,13-,14?,15?/m1/s1. The zero-order chi connectivity index (χ0) is 14.3. The van der Waals surface area contributed by atoms with Gasteiger partial charge in [-0.05, 0) is 51.2 Å². The van der Waals surface area contributed by atoms with Gasteiger partial charge in [0.25, 0.3) is 0 Å². The van der Waals surface area contributed by atoms with E-state index in [9.17, 15) is 0 Å². The van der Waals surface area contributed by atoms with Crippen LogP contribution in [0.15, 0.2) is 27.2 Å². The lowest BCUT2D eigenvalue weighted by Crippen LogP contribution is -2.47. The maximum Gasteiger partial charge on any atom is 0.161 e. The fourth-order valence-electron chi connectivity index (χ4n) is 3.56. The molecule has 0 aromatic carbocycles. The van der Waals surface area contributed by atoms with E-state index in [0.717, 1.165) is 0 Å². The van der Waals surface area contributed by atoms with Crippen molar-refractivity contribution in [3.05, 3.63) is 22.2 Å². The van der Waals surface area contributed by atoms with E-state index in [1.807, 2.05) is 11.8 Å². The summed E-state index contributed by atoms with van der Waals surface area (Å²) in [6.07, 6.45) is 9.75. The van der Waals surface area contributed by atoms with Crippen LogP contribution in [-0.4, -0.2) is 33.4 Å². The van der Waals surface area contributed by atoms with Gasteiger partial charge in [0.2, 0.25) is 0 Å². The van der Waals surface area contributed by atoms with Crippen LogP contribution in [0.5, 0.6) is 0 Å². The van der Waals surface area contributed by atoms with E-state index in [4.69, 9.17) is 4.99 Å². The largest absolute Gasteiger partial charge is 0.346 e. The molecule has 2 heterocycles. The smallest absolute Gasteiger partial charge is 0.161 e. The molecule has 0 N–H and O–H groups in total. The first-order valence-corrected chi connectivity index (χ1v) is 9.35. The van der Waals surface area contributed by atoms with Crippen molar-refractivity contribution in [2.24, 2.45) is 4.99 Å². The molecular formula is C16H23BrN2S. The number of halogens is 1. The van der Waals surface area contributed by atoms with Gasteiger partial charge in [-0.3, -0.25) is 4.99 Å². The number of allylic oxidation sites excluding steroid dienone is 2. The number of aliphatic imine (C=N–C) groups is 1. The summed E-state index contributed by atoms with van der Waals surface area (Å²) in [5.41, 5.74) is 1.38. The highest BCUT2D eigenvalue weighted by Crippen LogP contribution is 2.40. The van der Waals surface area contributed by atoms with Crippen LogP contribution in [0.2, 0.25) is 0 Å². The Morgan fingerprint density at radius 1 is 1.45 bits per heavy atom. The second-order valence-corrected chi connectivity index (χ2v) is 8.19. The summed E-state index contributed by atoms with van der Waals surface area (Å²) >= 11 is 5.59. The Balaban J connectivity index is 1.85. The minimum absolute atomic E-state index is 0.350. The summed E-state index contributed by atoms with van der Waals surface area (Å²) in [5.74, 6) is 0. The van der Waals surface area contributed by atoms with Crippen molar-refractivity contribution in [1.82, 2.24) is 4.90 Å². The van der Waals surface area contributed by atoms with Crippen LogP contribution < -0.4 is 0 Å². The second-order valence-electron chi connectivity index (χ2n) is 6.13. The Kier molecular flexibility index (Phi) is 4.32. The van der Waals surface area contributed by atoms with Crippen LogP contribution in [0.1, 0.15) is 46.5 Å². The van der Waals surface area contributed by atoms with Crippen LogP contribution in [0.25, 0.3) is 0 Å². The minimum atomic E-state index is 0.350. The minimum Gasteiger partial charge on any atom is -0.346 e. The number of fused-ring (bicyclic) bond motifs is 1. The van der Waals surface area contributed by atoms with Crippen LogP contribution in [0, 0.1) is 0 Å². The summed E-state index contributed by atoms with van der Waals surface area (Å²) in [6.45, 7) is 6.88. The topological polar surface area (TPSA) is 15.6 Å². The number of hydrogen-bond donors (Lipinski definition) is 0. The molecule has 110 valence electrons. The molecule has 4 heteroatoms. The Labute approximate surface area is 134 Å². The van der Waals surface area contributed by atoms with Gasteiger partial charge in [-0.25, -0.2) is 0 Å². The number of likely N-dealkylation sites (tertiary alicyclic amines) is 1.